The highest BCUT2D eigenvalue weighted by Gasteiger charge is 2.60. The van der Waals surface area contributed by atoms with E-state index >= 15 is 0 Å². The van der Waals surface area contributed by atoms with E-state index in [1.54, 1.807) is 7.11 Å². The van der Waals surface area contributed by atoms with Crippen molar-refractivity contribution in [2.75, 3.05) is 20.3 Å². The lowest BCUT2D eigenvalue weighted by molar-refractivity contribution is -0.185. The lowest BCUT2D eigenvalue weighted by Gasteiger charge is -2.60. The van der Waals surface area contributed by atoms with Crippen LogP contribution in [0.15, 0.2) is 24.3 Å². The minimum atomic E-state index is -0.643. The van der Waals surface area contributed by atoms with E-state index in [0.29, 0.717) is 38.8 Å². The van der Waals surface area contributed by atoms with Gasteiger partial charge in [-0.2, -0.15) is 0 Å². The maximum absolute atomic E-state index is 12.9. The van der Waals surface area contributed by atoms with E-state index in [0.717, 1.165) is 11.3 Å². The summed E-state index contributed by atoms with van der Waals surface area (Å²) in [7, 11) is 1.61. The second-order valence-electron chi connectivity index (χ2n) is 10.3. The van der Waals surface area contributed by atoms with Gasteiger partial charge < -0.3 is 30.3 Å². The summed E-state index contributed by atoms with van der Waals surface area (Å²) >= 11 is 0. The number of benzene rings is 1. The standard InChI is InChI=1S/C26H40N2O6/c1-5-27-24(32)34-22-12-13-25(2)19(20(30)10-11-21(25)26(22,3)16-29)14-23(31)28-15-17-6-8-18(33-4)9-7-17/h6-9,19-22,29-30H,5,10-16H2,1-4H3,(H,27,32)(H,28,31)/t19-,20-,21+,22+,25-,26+/m1/s1. The molecule has 0 aromatic heterocycles. The number of ether oxygens (including phenoxy) is 2. The van der Waals surface area contributed by atoms with Crippen molar-refractivity contribution in [2.45, 2.75) is 71.6 Å². The Morgan fingerprint density at radius 1 is 1.12 bits per heavy atom. The van der Waals surface area contributed by atoms with E-state index in [-0.39, 0.29) is 36.2 Å². The Kier molecular flexibility index (Phi) is 8.47. The molecule has 2 fully saturated rings. The van der Waals surface area contributed by atoms with Gasteiger partial charge in [0.1, 0.15) is 11.9 Å². The van der Waals surface area contributed by atoms with Crippen LogP contribution in [0.3, 0.4) is 0 Å². The SMILES string of the molecule is CCNC(=O)O[C@H]1CC[C@@]2(C)[C@H](CC[C@@H](O)[C@H]2CC(=O)NCc2ccc(OC)cc2)[C@]1(C)CO. The van der Waals surface area contributed by atoms with Crippen LogP contribution < -0.4 is 15.4 Å². The summed E-state index contributed by atoms with van der Waals surface area (Å²) in [5.74, 6) is 0.436. The highest BCUT2D eigenvalue weighted by atomic mass is 16.6. The number of fused-ring (bicyclic) bond motifs is 1. The predicted octanol–water partition coefficient (Wildman–Crippen LogP) is 3.00. The molecule has 3 rings (SSSR count). The lowest BCUT2D eigenvalue weighted by Crippen LogP contribution is -2.61. The van der Waals surface area contributed by atoms with Crippen molar-refractivity contribution < 1.29 is 29.3 Å². The highest BCUT2D eigenvalue weighted by Crippen LogP contribution is 2.61. The van der Waals surface area contributed by atoms with Crippen molar-refractivity contribution in [1.29, 1.82) is 0 Å². The van der Waals surface area contributed by atoms with Gasteiger partial charge in [0.15, 0.2) is 0 Å². The molecule has 1 aromatic rings. The zero-order valence-corrected chi connectivity index (χ0v) is 20.8. The molecule has 2 amide bonds. The van der Waals surface area contributed by atoms with Gasteiger partial charge in [0.2, 0.25) is 5.91 Å². The number of aliphatic hydroxyl groups is 2. The largest absolute Gasteiger partial charge is 0.497 e. The van der Waals surface area contributed by atoms with Crippen molar-refractivity contribution in [1.82, 2.24) is 10.6 Å². The third-order valence-corrected chi connectivity index (χ3v) is 8.30. The number of methoxy groups -OCH3 is 1. The number of amides is 2. The Hall–Kier alpha value is -2.32. The monoisotopic (exact) mass is 476 g/mol. The topological polar surface area (TPSA) is 117 Å². The predicted molar refractivity (Wildman–Crippen MR) is 128 cm³/mol. The average molecular weight is 477 g/mol. The fourth-order valence-corrected chi connectivity index (χ4v) is 6.31. The van der Waals surface area contributed by atoms with Crippen molar-refractivity contribution >= 4 is 12.0 Å². The molecule has 0 spiro atoms. The van der Waals surface area contributed by atoms with Gasteiger partial charge in [-0.05, 0) is 67.6 Å². The van der Waals surface area contributed by atoms with E-state index in [1.165, 1.54) is 0 Å². The molecule has 0 bridgehead atoms. The lowest BCUT2D eigenvalue weighted by atomic mass is 9.46. The van der Waals surface area contributed by atoms with Crippen LogP contribution >= 0.6 is 0 Å². The molecule has 0 aliphatic heterocycles. The zero-order valence-electron chi connectivity index (χ0n) is 20.8. The van der Waals surface area contributed by atoms with Gasteiger partial charge in [-0.3, -0.25) is 4.79 Å². The Morgan fingerprint density at radius 2 is 1.82 bits per heavy atom. The van der Waals surface area contributed by atoms with E-state index < -0.39 is 23.7 Å². The first-order chi connectivity index (χ1) is 16.2. The number of hydrogen-bond donors (Lipinski definition) is 4. The number of aliphatic hydroxyl groups excluding tert-OH is 2. The molecule has 190 valence electrons. The van der Waals surface area contributed by atoms with Gasteiger partial charge in [-0.25, -0.2) is 4.79 Å². The first-order valence-electron chi connectivity index (χ1n) is 12.3. The van der Waals surface area contributed by atoms with Crippen molar-refractivity contribution in [3.8, 4) is 5.75 Å². The van der Waals surface area contributed by atoms with Gasteiger partial charge in [-0.1, -0.05) is 26.0 Å². The van der Waals surface area contributed by atoms with Crippen LogP contribution in [-0.2, 0) is 16.1 Å². The molecule has 6 atom stereocenters. The minimum absolute atomic E-state index is 0.0148. The number of nitrogens with one attached hydrogen (secondary N) is 2. The zero-order chi connectivity index (χ0) is 24.9. The van der Waals surface area contributed by atoms with E-state index in [9.17, 15) is 19.8 Å². The second kappa shape index (κ2) is 11.0. The third kappa shape index (κ3) is 5.33. The maximum Gasteiger partial charge on any atom is 0.407 e. The molecule has 0 radical (unpaired) electrons. The van der Waals surface area contributed by atoms with Gasteiger partial charge in [0, 0.05) is 24.9 Å². The van der Waals surface area contributed by atoms with Crippen molar-refractivity contribution in [3.63, 3.8) is 0 Å². The van der Waals surface area contributed by atoms with E-state index in [2.05, 4.69) is 17.6 Å². The molecule has 34 heavy (non-hydrogen) atoms. The molecular formula is C26H40N2O6. The number of alkyl carbamates (subject to hydrolysis) is 1. The molecule has 2 aliphatic carbocycles. The molecule has 1 aromatic carbocycles. The molecule has 8 nitrogen and oxygen atoms in total. The summed E-state index contributed by atoms with van der Waals surface area (Å²) in [6.45, 7) is 6.68. The van der Waals surface area contributed by atoms with Crippen LogP contribution in [0.5, 0.6) is 5.75 Å². The van der Waals surface area contributed by atoms with Crippen LogP contribution in [0.1, 0.15) is 58.4 Å². The summed E-state index contributed by atoms with van der Waals surface area (Å²) in [5, 5.41) is 27.0. The normalized spacial score (nSPS) is 32.9. The molecule has 4 N–H and O–H groups in total. The van der Waals surface area contributed by atoms with Crippen LogP contribution in [-0.4, -0.2) is 54.7 Å². The quantitative estimate of drug-likeness (QED) is 0.458. The number of carbonyl (C=O) groups is 2. The first kappa shape index (κ1) is 26.3. The van der Waals surface area contributed by atoms with E-state index in [4.69, 9.17) is 9.47 Å². The third-order valence-electron chi connectivity index (χ3n) is 8.30. The Balaban J connectivity index is 1.71. The van der Waals surface area contributed by atoms with Gasteiger partial charge in [0.05, 0.1) is 19.8 Å². The summed E-state index contributed by atoms with van der Waals surface area (Å²) < 4.78 is 10.9. The molecular weight excluding hydrogens is 436 g/mol. The maximum atomic E-state index is 12.9. The summed E-state index contributed by atoms with van der Waals surface area (Å²) in [4.78, 5) is 25.0. The van der Waals surface area contributed by atoms with Gasteiger partial charge in [-0.15, -0.1) is 0 Å². The van der Waals surface area contributed by atoms with Crippen molar-refractivity contribution in [2.24, 2.45) is 22.7 Å². The molecule has 0 saturated heterocycles. The number of hydrogen-bond acceptors (Lipinski definition) is 6. The van der Waals surface area contributed by atoms with Crippen LogP contribution in [0.4, 0.5) is 4.79 Å². The highest BCUT2D eigenvalue weighted by molar-refractivity contribution is 5.76. The Labute approximate surface area is 202 Å². The summed E-state index contributed by atoms with van der Waals surface area (Å²) in [6, 6.07) is 7.53. The number of rotatable bonds is 8. The Morgan fingerprint density at radius 3 is 2.44 bits per heavy atom. The second-order valence-corrected chi connectivity index (χ2v) is 10.3. The van der Waals surface area contributed by atoms with Crippen LogP contribution in [0, 0.1) is 22.7 Å². The molecule has 0 unspecified atom stereocenters. The van der Waals surface area contributed by atoms with Crippen LogP contribution in [0.2, 0.25) is 0 Å². The van der Waals surface area contributed by atoms with Crippen molar-refractivity contribution in [3.05, 3.63) is 29.8 Å². The van der Waals surface area contributed by atoms with Gasteiger partial charge in [0.25, 0.3) is 0 Å². The summed E-state index contributed by atoms with van der Waals surface area (Å²) in [6.07, 6.45) is 1.31. The van der Waals surface area contributed by atoms with Gasteiger partial charge >= 0.3 is 6.09 Å². The fraction of sp³-hybridized carbons (Fsp3) is 0.692. The molecule has 0 heterocycles. The smallest absolute Gasteiger partial charge is 0.407 e. The average Bonchev–Trinajstić information content (AvgIpc) is 2.82. The Bertz CT molecular complexity index is 846. The molecule has 8 heteroatoms. The fourth-order valence-electron chi connectivity index (χ4n) is 6.31. The van der Waals surface area contributed by atoms with E-state index in [1.807, 2.05) is 38.1 Å². The molecule has 2 aliphatic rings. The molecule has 2 saturated carbocycles. The van der Waals surface area contributed by atoms with Crippen LogP contribution in [0.25, 0.3) is 0 Å². The first-order valence-corrected chi connectivity index (χ1v) is 12.3. The minimum Gasteiger partial charge on any atom is -0.497 e. The summed E-state index contributed by atoms with van der Waals surface area (Å²) in [5.41, 5.74) is -0.0256. The number of carbonyl (C=O) groups excluding carboxylic acids is 2.